The van der Waals surface area contributed by atoms with Crippen LogP contribution in [-0.4, -0.2) is 20.8 Å². The van der Waals surface area contributed by atoms with E-state index in [1.807, 2.05) is 6.33 Å². The largest absolute Gasteiger partial charge is 0.391 e. The van der Waals surface area contributed by atoms with E-state index in [1.165, 1.54) is 17.5 Å². The Hall–Kier alpha value is -1.35. The van der Waals surface area contributed by atoms with Crippen molar-refractivity contribution in [3.05, 3.63) is 29.6 Å². The zero-order chi connectivity index (χ0) is 14.3. The molecule has 0 aliphatic heterocycles. The molecule has 1 aliphatic carbocycles. The molecule has 1 N–H and O–H groups in total. The fourth-order valence-corrected chi connectivity index (χ4v) is 3.43. The minimum Gasteiger partial charge on any atom is -0.391 e. The van der Waals surface area contributed by atoms with E-state index in [0.29, 0.717) is 0 Å². The van der Waals surface area contributed by atoms with E-state index in [2.05, 4.69) is 42.5 Å². The topological polar surface area (TPSA) is 38.0 Å². The van der Waals surface area contributed by atoms with Crippen LogP contribution >= 0.6 is 0 Å². The number of nitrogens with zero attached hydrogens (tertiary/aromatic N) is 2. The lowest BCUT2D eigenvalue weighted by atomic mass is 9.82. The molecule has 1 heterocycles. The number of benzene rings is 1. The van der Waals surface area contributed by atoms with Crippen LogP contribution in [0.1, 0.15) is 49.8 Å². The van der Waals surface area contributed by atoms with Gasteiger partial charge in [-0.2, -0.15) is 0 Å². The Morgan fingerprint density at radius 3 is 2.75 bits per heavy atom. The Labute approximate surface area is 120 Å². The summed E-state index contributed by atoms with van der Waals surface area (Å²) in [5.41, 5.74) is 4.77. The van der Waals surface area contributed by atoms with Crippen LogP contribution in [0, 0.1) is 19.8 Å². The maximum atomic E-state index is 10.4. The van der Waals surface area contributed by atoms with E-state index in [-0.39, 0.29) is 12.1 Å². The minimum absolute atomic E-state index is 0.181. The molecule has 3 atom stereocenters. The van der Waals surface area contributed by atoms with E-state index in [4.69, 9.17) is 0 Å². The van der Waals surface area contributed by atoms with E-state index in [1.54, 1.807) is 0 Å². The van der Waals surface area contributed by atoms with Crippen molar-refractivity contribution in [2.45, 2.75) is 58.6 Å². The Kier molecular flexibility index (Phi) is 3.55. The highest BCUT2D eigenvalue weighted by molar-refractivity contribution is 5.77. The average molecular weight is 272 g/mol. The molecule has 1 aliphatic rings. The van der Waals surface area contributed by atoms with Crippen LogP contribution in [0.15, 0.2) is 18.5 Å². The number of rotatable bonds is 2. The zero-order valence-corrected chi connectivity index (χ0v) is 12.6. The molecule has 3 heteroatoms. The molecule has 0 saturated heterocycles. The van der Waals surface area contributed by atoms with Gasteiger partial charge in [-0.1, -0.05) is 13.3 Å². The fourth-order valence-electron chi connectivity index (χ4n) is 3.43. The lowest BCUT2D eigenvalue weighted by Crippen LogP contribution is -2.31. The molecule has 0 radical (unpaired) electrons. The lowest BCUT2D eigenvalue weighted by molar-refractivity contribution is 0.0551. The van der Waals surface area contributed by atoms with E-state index in [0.717, 1.165) is 36.2 Å². The normalized spacial score (nSPS) is 27.1. The summed E-state index contributed by atoms with van der Waals surface area (Å²) in [6.07, 6.45) is 6.00. The standard InChI is InChI=1S/C17H24N2O/c1-4-13-5-6-17(20)16(9-13)19-10-18-14-7-11(2)12(3)8-15(14)19/h7-8,10,13,16-17,20H,4-6,9H2,1-3H3. The van der Waals surface area contributed by atoms with Crippen LogP contribution in [0.2, 0.25) is 0 Å². The Balaban J connectivity index is 2.02. The van der Waals surface area contributed by atoms with Gasteiger partial charge in [0.1, 0.15) is 0 Å². The van der Waals surface area contributed by atoms with Crippen LogP contribution in [0.5, 0.6) is 0 Å². The molecule has 20 heavy (non-hydrogen) atoms. The molecule has 1 fully saturated rings. The molecule has 0 amide bonds. The first-order valence-electron chi connectivity index (χ1n) is 7.72. The smallest absolute Gasteiger partial charge is 0.0961 e. The van der Waals surface area contributed by atoms with Gasteiger partial charge >= 0.3 is 0 Å². The Morgan fingerprint density at radius 1 is 1.25 bits per heavy atom. The number of aliphatic hydroxyl groups is 1. The van der Waals surface area contributed by atoms with Crippen molar-refractivity contribution in [2.24, 2.45) is 5.92 Å². The van der Waals surface area contributed by atoms with Gasteiger partial charge in [0.25, 0.3) is 0 Å². The summed E-state index contributed by atoms with van der Waals surface area (Å²) in [5, 5.41) is 10.4. The molecule has 3 rings (SSSR count). The van der Waals surface area contributed by atoms with Crippen LogP contribution in [-0.2, 0) is 0 Å². The monoisotopic (exact) mass is 272 g/mol. The summed E-state index contributed by atoms with van der Waals surface area (Å²) < 4.78 is 2.20. The fraction of sp³-hybridized carbons (Fsp3) is 0.588. The first-order valence-corrected chi connectivity index (χ1v) is 7.72. The molecule has 0 bridgehead atoms. The van der Waals surface area contributed by atoms with Gasteiger partial charge in [0.2, 0.25) is 0 Å². The SMILES string of the molecule is CCC1CCC(O)C(n2cnc3cc(C)c(C)cc32)C1. The van der Waals surface area contributed by atoms with E-state index < -0.39 is 0 Å². The molecular weight excluding hydrogens is 248 g/mol. The summed E-state index contributed by atoms with van der Waals surface area (Å²) in [7, 11) is 0. The van der Waals surface area contributed by atoms with E-state index in [9.17, 15) is 5.11 Å². The van der Waals surface area contributed by atoms with Crippen molar-refractivity contribution >= 4 is 11.0 Å². The van der Waals surface area contributed by atoms with Crippen molar-refractivity contribution < 1.29 is 5.11 Å². The predicted molar refractivity (Wildman–Crippen MR) is 81.9 cm³/mol. The first kappa shape index (κ1) is 13.6. The number of hydrogen-bond acceptors (Lipinski definition) is 2. The third kappa shape index (κ3) is 2.24. The highest BCUT2D eigenvalue weighted by Gasteiger charge is 2.30. The second kappa shape index (κ2) is 5.21. The Bertz CT molecular complexity index is 617. The summed E-state index contributed by atoms with van der Waals surface area (Å²) in [6.45, 7) is 6.51. The third-order valence-corrected chi connectivity index (χ3v) is 5.01. The molecule has 1 aromatic heterocycles. The van der Waals surface area contributed by atoms with E-state index >= 15 is 0 Å². The number of aliphatic hydroxyl groups excluding tert-OH is 1. The lowest BCUT2D eigenvalue weighted by Gasteiger charge is -2.34. The van der Waals surface area contributed by atoms with Gasteiger partial charge in [-0.25, -0.2) is 4.98 Å². The number of aromatic nitrogens is 2. The van der Waals surface area contributed by atoms with Gasteiger partial charge in [-0.15, -0.1) is 0 Å². The highest BCUT2D eigenvalue weighted by atomic mass is 16.3. The molecule has 1 aromatic carbocycles. The van der Waals surface area contributed by atoms with Crippen molar-refractivity contribution in [3.63, 3.8) is 0 Å². The predicted octanol–water partition coefficient (Wildman–Crippen LogP) is 3.77. The molecule has 3 nitrogen and oxygen atoms in total. The van der Waals surface area contributed by atoms with Crippen LogP contribution in [0.3, 0.4) is 0 Å². The number of hydrogen-bond donors (Lipinski definition) is 1. The van der Waals surface area contributed by atoms with Crippen molar-refractivity contribution in [1.29, 1.82) is 0 Å². The van der Waals surface area contributed by atoms with Crippen molar-refractivity contribution in [2.75, 3.05) is 0 Å². The third-order valence-electron chi connectivity index (χ3n) is 5.01. The molecule has 2 aromatic rings. The maximum Gasteiger partial charge on any atom is 0.0961 e. The van der Waals surface area contributed by atoms with Crippen LogP contribution in [0.4, 0.5) is 0 Å². The number of fused-ring (bicyclic) bond motifs is 1. The van der Waals surface area contributed by atoms with Gasteiger partial charge in [0.05, 0.1) is 29.5 Å². The first-order chi connectivity index (χ1) is 9.60. The average Bonchev–Trinajstić information content (AvgIpc) is 2.83. The second-order valence-corrected chi connectivity index (χ2v) is 6.30. The zero-order valence-electron chi connectivity index (χ0n) is 12.6. The summed E-state index contributed by atoms with van der Waals surface area (Å²) in [4.78, 5) is 4.53. The quantitative estimate of drug-likeness (QED) is 0.903. The number of aryl methyl sites for hydroxylation is 2. The number of imidazole rings is 1. The summed E-state index contributed by atoms with van der Waals surface area (Å²) in [6, 6.07) is 4.54. The molecule has 1 saturated carbocycles. The van der Waals surface area contributed by atoms with Gasteiger partial charge in [0.15, 0.2) is 0 Å². The molecular formula is C17H24N2O. The summed E-state index contributed by atoms with van der Waals surface area (Å²) >= 11 is 0. The van der Waals surface area contributed by atoms with Crippen molar-refractivity contribution in [1.82, 2.24) is 9.55 Å². The minimum atomic E-state index is -0.239. The van der Waals surface area contributed by atoms with Crippen LogP contribution < -0.4 is 0 Å². The van der Waals surface area contributed by atoms with Crippen LogP contribution in [0.25, 0.3) is 11.0 Å². The van der Waals surface area contributed by atoms with Crippen molar-refractivity contribution in [3.8, 4) is 0 Å². The highest BCUT2D eigenvalue weighted by Crippen LogP contribution is 2.36. The van der Waals surface area contributed by atoms with Gasteiger partial charge in [-0.05, 0) is 62.3 Å². The second-order valence-electron chi connectivity index (χ2n) is 6.30. The molecule has 108 valence electrons. The maximum absolute atomic E-state index is 10.4. The Morgan fingerprint density at radius 2 is 2.00 bits per heavy atom. The molecule has 0 spiro atoms. The molecule has 3 unspecified atom stereocenters. The van der Waals surface area contributed by atoms with Gasteiger partial charge in [-0.3, -0.25) is 0 Å². The summed E-state index contributed by atoms with van der Waals surface area (Å²) in [5.74, 6) is 0.729. The van der Waals surface area contributed by atoms with Gasteiger partial charge < -0.3 is 9.67 Å². The van der Waals surface area contributed by atoms with Gasteiger partial charge in [0, 0.05) is 0 Å².